The first-order valence-corrected chi connectivity index (χ1v) is 7.16. The molecule has 116 valence electrons. The Balaban J connectivity index is 2.46. The molecule has 1 heterocycles. The summed E-state index contributed by atoms with van der Waals surface area (Å²) < 4.78 is 5.44. The minimum Gasteiger partial charge on any atom is -0.496 e. The van der Waals surface area contributed by atoms with Gasteiger partial charge >= 0.3 is 0 Å². The highest BCUT2D eigenvalue weighted by Crippen LogP contribution is 2.26. The predicted molar refractivity (Wildman–Crippen MR) is 88.9 cm³/mol. The van der Waals surface area contributed by atoms with E-state index in [4.69, 9.17) is 15.9 Å². The van der Waals surface area contributed by atoms with Gasteiger partial charge in [0.2, 0.25) is 0 Å². The third-order valence-corrected chi connectivity index (χ3v) is 3.46. The molecule has 2 rings (SSSR count). The summed E-state index contributed by atoms with van der Waals surface area (Å²) in [5, 5.41) is 11.4. The SMILES string of the molecule is CCCc1ccc(C(=N)c2c(N)ncnc2NC)cc1OC. The van der Waals surface area contributed by atoms with Gasteiger partial charge in [-0.25, -0.2) is 9.97 Å². The number of nitrogens with one attached hydrogen (secondary N) is 2. The van der Waals surface area contributed by atoms with Crippen molar-refractivity contribution in [2.45, 2.75) is 19.8 Å². The number of ether oxygens (including phenoxy) is 1. The third-order valence-electron chi connectivity index (χ3n) is 3.46. The number of nitrogen functional groups attached to an aromatic ring is 1. The lowest BCUT2D eigenvalue weighted by Gasteiger charge is -2.14. The average Bonchev–Trinajstić information content (AvgIpc) is 2.54. The summed E-state index contributed by atoms with van der Waals surface area (Å²) >= 11 is 0. The molecule has 22 heavy (non-hydrogen) atoms. The molecule has 0 aliphatic carbocycles. The number of nitrogens with two attached hydrogens (primary N) is 1. The molecule has 2 aromatic rings. The first-order chi connectivity index (χ1) is 10.6. The molecule has 0 radical (unpaired) electrons. The van der Waals surface area contributed by atoms with Crippen LogP contribution in [0.3, 0.4) is 0 Å². The summed E-state index contributed by atoms with van der Waals surface area (Å²) in [5.74, 6) is 1.60. The van der Waals surface area contributed by atoms with Gasteiger partial charge in [0.1, 0.15) is 23.7 Å². The molecule has 0 unspecified atom stereocenters. The molecule has 0 fully saturated rings. The number of hydrogen-bond acceptors (Lipinski definition) is 6. The Kier molecular flexibility index (Phi) is 4.93. The molecule has 0 spiro atoms. The fraction of sp³-hybridized carbons (Fsp3) is 0.312. The van der Waals surface area contributed by atoms with Crippen molar-refractivity contribution in [2.75, 3.05) is 25.2 Å². The Hall–Kier alpha value is -2.63. The van der Waals surface area contributed by atoms with Gasteiger partial charge in [-0.2, -0.15) is 0 Å². The van der Waals surface area contributed by atoms with Gasteiger partial charge in [0.05, 0.1) is 18.4 Å². The standard InChI is InChI=1S/C16H21N5O/c1-4-5-10-6-7-11(8-12(10)22-3)14(17)13-15(18)20-9-21-16(13)19-2/h6-9,17H,4-5H2,1-3H3,(H3,18,19,20,21). The average molecular weight is 299 g/mol. The van der Waals surface area contributed by atoms with Crippen molar-refractivity contribution in [1.29, 1.82) is 5.41 Å². The maximum Gasteiger partial charge on any atom is 0.140 e. The van der Waals surface area contributed by atoms with Crippen molar-refractivity contribution in [3.05, 3.63) is 41.2 Å². The molecule has 0 aliphatic rings. The van der Waals surface area contributed by atoms with Crippen molar-refractivity contribution in [3.63, 3.8) is 0 Å². The summed E-state index contributed by atoms with van der Waals surface area (Å²) in [5.41, 5.74) is 8.53. The Morgan fingerprint density at radius 1 is 1.36 bits per heavy atom. The normalized spacial score (nSPS) is 10.3. The van der Waals surface area contributed by atoms with Crippen LogP contribution in [-0.4, -0.2) is 29.8 Å². The molecular formula is C16H21N5O. The summed E-state index contributed by atoms with van der Waals surface area (Å²) in [6.07, 6.45) is 3.36. The molecule has 6 nitrogen and oxygen atoms in total. The van der Waals surface area contributed by atoms with Crippen LogP contribution < -0.4 is 15.8 Å². The first-order valence-electron chi connectivity index (χ1n) is 7.16. The van der Waals surface area contributed by atoms with Crippen LogP contribution in [0, 0.1) is 5.41 Å². The number of benzene rings is 1. The van der Waals surface area contributed by atoms with Crippen LogP contribution in [-0.2, 0) is 6.42 Å². The molecule has 0 saturated carbocycles. The predicted octanol–water partition coefficient (Wildman–Crippen LogP) is 2.48. The number of aryl methyl sites for hydroxylation is 1. The Morgan fingerprint density at radius 3 is 2.77 bits per heavy atom. The molecule has 1 aromatic carbocycles. The van der Waals surface area contributed by atoms with Crippen LogP contribution in [0.1, 0.15) is 30.0 Å². The van der Waals surface area contributed by atoms with Gasteiger partial charge in [-0.3, -0.25) is 5.41 Å². The second-order valence-corrected chi connectivity index (χ2v) is 4.88. The minimum absolute atomic E-state index is 0.267. The number of hydrogen-bond donors (Lipinski definition) is 3. The topological polar surface area (TPSA) is 96.9 Å². The Bertz CT molecular complexity index is 684. The van der Waals surface area contributed by atoms with E-state index < -0.39 is 0 Å². The van der Waals surface area contributed by atoms with Crippen molar-refractivity contribution >= 4 is 17.3 Å². The molecule has 1 aromatic heterocycles. The maximum absolute atomic E-state index is 8.44. The zero-order valence-corrected chi connectivity index (χ0v) is 13.1. The number of nitrogens with zero attached hydrogens (tertiary/aromatic N) is 2. The molecule has 0 bridgehead atoms. The minimum atomic E-state index is 0.267. The van der Waals surface area contributed by atoms with Gasteiger partial charge in [-0.05, 0) is 18.1 Å². The maximum atomic E-state index is 8.44. The number of methoxy groups -OCH3 is 1. The van der Waals surface area contributed by atoms with E-state index in [1.165, 1.54) is 6.33 Å². The second kappa shape index (κ2) is 6.89. The first kappa shape index (κ1) is 15.8. The van der Waals surface area contributed by atoms with Gasteiger partial charge < -0.3 is 15.8 Å². The van der Waals surface area contributed by atoms with E-state index in [1.807, 2.05) is 18.2 Å². The summed E-state index contributed by atoms with van der Waals surface area (Å²) in [6.45, 7) is 2.12. The van der Waals surface area contributed by atoms with E-state index >= 15 is 0 Å². The van der Waals surface area contributed by atoms with Crippen molar-refractivity contribution in [3.8, 4) is 5.75 Å². The molecule has 0 amide bonds. The van der Waals surface area contributed by atoms with E-state index in [0.29, 0.717) is 11.4 Å². The van der Waals surface area contributed by atoms with Crippen LogP contribution in [0.4, 0.5) is 11.6 Å². The highest BCUT2D eigenvalue weighted by atomic mass is 16.5. The number of aromatic nitrogens is 2. The molecular weight excluding hydrogens is 278 g/mol. The Morgan fingerprint density at radius 2 is 2.14 bits per heavy atom. The van der Waals surface area contributed by atoms with Gasteiger partial charge in [0, 0.05) is 12.6 Å². The highest BCUT2D eigenvalue weighted by molar-refractivity contribution is 6.16. The van der Waals surface area contributed by atoms with Crippen molar-refractivity contribution in [2.24, 2.45) is 0 Å². The zero-order valence-electron chi connectivity index (χ0n) is 13.1. The summed E-state index contributed by atoms with van der Waals surface area (Å²) in [6, 6.07) is 5.76. The van der Waals surface area contributed by atoms with E-state index in [-0.39, 0.29) is 11.5 Å². The van der Waals surface area contributed by atoms with E-state index in [1.54, 1.807) is 14.2 Å². The number of anilines is 2. The monoisotopic (exact) mass is 299 g/mol. The van der Waals surface area contributed by atoms with Crippen molar-refractivity contribution in [1.82, 2.24) is 9.97 Å². The van der Waals surface area contributed by atoms with E-state index in [9.17, 15) is 0 Å². The molecule has 6 heteroatoms. The highest BCUT2D eigenvalue weighted by Gasteiger charge is 2.16. The van der Waals surface area contributed by atoms with E-state index in [2.05, 4.69) is 22.2 Å². The molecule has 0 aliphatic heterocycles. The van der Waals surface area contributed by atoms with Crippen LogP contribution in [0.25, 0.3) is 0 Å². The Labute approximate surface area is 130 Å². The summed E-state index contributed by atoms with van der Waals surface area (Å²) in [4.78, 5) is 8.10. The number of rotatable bonds is 6. The lowest BCUT2D eigenvalue weighted by Crippen LogP contribution is -2.12. The quantitative estimate of drug-likeness (QED) is 0.712. The molecule has 4 N–H and O–H groups in total. The van der Waals surface area contributed by atoms with Crippen LogP contribution in [0.2, 0.25) is 0 Å². The fourth-order valence-corrected chi connectivity index (χ4v) is 2.36. The smallest absolute Gasteiger partial charge is 0.140 e. The fourth-order valence-electron chi connectivity index (χ4n) is 2.36. The second-order valence-electron chi connectivity index (χ2n) is 4.88. The van der Waals surface area contributed by atoms with E-state index in [0.717, 1.165) is 29.7 Å². The lowest BCUT2D eigenvalue weighted by atomic mass is 9.99. The largest absolute Gasteiger partial charge is 0.496 e. The van der Waals surface area contributed by atoms with Gasteiger partial charge in [-0.15, -0.1) is 0 Å². The van der Waals surface area contributed by atoms with Gasteiger partial charge in [-0.1, -0.05) is 25.5 Å². The molecule has 0 atom stereocenters. The van der Waals surface area contributed by atoms with Crippen molar-refractivity contribution < 1.29 is 4.74 Å². The van der Waals surface area contributed by atoms with Crippen LogP contribution in [0.5, 0.6) is 5.75 Å². The van der Waals surface area contributed by atoms with Gasteiger partial charge in [0.15, 0.2) is 0 Å². The van der Waals surface area contributed by atoms with Crippen LogP contribution >= 0.6 is 0 Å². The summed E-state index contributed by atoms with van der Waals surface area (Å²) in [7, 11) is 3.38. The zero-order chi connectivity index (χ0) is 16.1. The third kappa shape index (κ3) is 3.00. The molecule has 0 saturated heterocycles. The lowest BCUT2D eigenvalue weighted by molar-refractivity contribution is 0.409. The van der Waals surface area contributed by atoms with Gasteiger partial charge in [0.25, 0.3) is 0 Å². The van der Waals surface area contributed by atoms with Crippen LogP contribution in [0.15, 0.2) is 24.5 Å².